The highest BCUT2D eigenvalue weighted by Crippen LogP contribution is 2.26. The summed E-state index contributed by atoms with van der Waals surface area (Å²) < 4.78 is 6.01. The molecule has 1 aliphatic rings. The van der Waals surface area contributed by atoms with Gasteiger partial charge in [0.25, 0.3) is 0 Å². The fourth-order valence-electron chi connectivity index (χ4n) is 11.1. The quantitative estimate of drug-likeness (QED) is 0.0421. The van der Waals surface area contributed by atoms with E-state index in [4.69, 9.17) is 9.94 Å². The molecule has 0 unspecified atom stereocenters. The van der Waals surface area contributed by atoms with Gasteiger partial charge in [-0.15, -0.1) is 0 Å². The molecule has 13 atom stereocenters. The van der Waals surface area contributed by atoms with E-state index in [2.05, 4.69) is 21.3 Å². The number of carbonyl (C=O) groups is 12. The van der Waals surface area contributed by atoms with Gasteiger partial charge in [-0.2, -0.15) is 0 Å². The lowest BCUT2D eigenvalue weighted by molar-refractivity contribution is -0.157. The number of aliphatic hydroxyl groups excluding tert-OH is 1. The van der Waals surface area contributed by atoms with Crippen molar-refractivity contribution in [3.63, 3.8) is 0 Å². The first kappa shape index (κ1) is 82.3. The summed E-state index contributed by atoms with van der Waals surface area (Å²) in [6.07, 6.45) is 1.37. The minimum absolute atomic E-state index is 0.0408. The zero-order valence-corrected chi connectivity index (χ0v) is 58.7. The van der Waals surface area contributed by atoms with Crippen molar-refractivity contribution in [2.75, 3.05) is 62.5 Å². The number of nitrogens with one attached hydrogen (secondary N) is 5. The van der Waals surface area contributed by atoms with Crippen LogP contribution < -0.4 is 26.7 Å². The number of amides is 12. The molecule has 1 aliphatic heterocycles. The van der Waals surface area contributed by atoms with Crippen LogP contribution in [0, 0.1) is 35.5 Å². The smallest absolute Gasteiger partial charge is 0.246 e. The number of rotatable bonds is 19. The van der Waals surface area contributed by atoms with Crippen LogP contribution in [0.5, 0.6) is 0 Å². The van der Waals surface area contributed by atoms with Crippen molar-refractivity contribution in [1.29, 1.82) is 0 Å². The third kappa shape index (κ3) is 23.7. The van der Waals surface area contributed by atoms with E-state index >= 15 is 9.59 Å². The van der Waals surface area contributed by atoms with Crippen molar-refractivity contribution in [3.05, 3.63) is 12.2 Å². The molecule has 12 amide bonds. The number of nitrogens with zero attached hydrogens (tertiary/aromatic N) is 7. The molecule has 1 fully saturated rings. The second kappa shape index (κ2) is 38.3. The Morgan fingerprint density at radius 3 is 1.52 bits per heavy atom. The number of carbonyl (C=O) groups excluding carboxylic acids is 12. The average molecular weight is 1290 g/mol. The molecule has 0 aromatic carbocycles. The first-order valence-electron chi connectivity index (χ1n) is 32.1. The Balaban J connectivity index is 4.39. The zero-order valence-electron chi connectivity index (χ0n) is 58.7. The van der Waals surface area contributed by atoms with Gasteiger partial charge in [-0.05, 0) is 102 Å². The van der Waals surface area contributed by atoms with Crippen LogP contribution in [0.25, 0.3) is 0 Å². The van der Waals surface area contributed by atoms with Crippen molar-refractivity contribution in [3.8, 4) is 0 Å². The SMILES string of the molecule is C/C=C/C[C@@H](C)[C@@H](O)[C@H]1C(=O)N[C@@H](CC)C(=O)N(C)CC(=O)N(C)[C@@H]([C@@H](C)OCCCC(=O)NO)C(=O)N[C@@H](C(C)C)C(=O)N(C)[C@H](CC(C)C)C(=O)N[C@@H](C)C(=O)N[C@@H](C)C(=O)N(C)[C@@H](CC(C)C)C(=O)N(C)[C@H](CC(C)C)C(=O)N(C)[C@@H](C(C)C)C(=O)N1C. The third-order valence-corrected chi connectivity index (χ3v) is 16.8. The summed E-state index contributed by atoms with van der Waals surface area (Å²) in [7, 11) is 9.58. The van der Waals surface area contributed by atoms with E-state index in [-0.39, 0.29) is 69.3 Å². The van der Waals surface area contributed by atoms with Gasteiger partial charge < -0.3 is 65.4 Å². The molecule has 1 rings (SSSR count). The van der Waals surface area contributed by atoms with E-state index in [1.807, 2.05) is 41.5 Å². The Hall–Kier alpha value is -6.74. The second-order valence-electron chi connectivity index (χ2n) is 26.6. The molecule has 27 heteroatoms. The molecule has 0 aliphatic carbocycles. The monoisotopic (exact) mass is 1290 g/mol. The van der Waals surface area contributed by atoms with Crippen molar-refractivity contribution in [2.45, 2.75) is 228 Å². The van der Waals surface area contributed by atoms with Crippen LogP contribution in [0.3, 0.4) is 0 Å². The summed E-state index contributed by atoms with van der Waals surface area (Å²) in [5.41, 5.74) is 1.54. The molecule has 0 aromatic rings. The van der Waals surface area contributed by atoms with E-state index in [0.717, 1.165) is 14.7 Å². The summed E-state index contributed by atoms with van der Waals surface area (Å²) in [6.45, 7) is 26.4. The number of hydroxylamine groups is 1. The van der Waals surface area contributed by atoms with Gasteiger partial charge >= 0.3 is 0 Å². The fourth-order valence-corrected chi connectivity index (χ4v) is 11.1. The van der Waals surface area contributed by atoms with Crippen molar-refractivity contribution in [1.82, 2.24) is 61.0 Å². The Morgan fingerprint density at radius 1 is 0.560 bits per heavy atom. The molecular formula is C64H114N12O15. The molecule has 7 N–H and O–H groups in total. The highest BCUT2D eigenvalue weighted by Gasteiger charge is 2.46. The predicted molar refractivity (Wildman–Crippen MR) is 344 cm³/mol. The number of aliphatic hydroxyl groups is 1. The molecule has 1 saturated heterocycles. The van der Waals surface area contributed by atoms with Crippen LogP contribution in [-0.2, 0) is 62.3 Å². The third-order valence-electron chi connectivity index (χ3n) is 16.8. The standard InChI is InChI=1S/C64H114N12O15/c1-24-26-28-40(13)54(79)53-58(83)67-44(25-2)60(85)70(17)34-49(78)74(21)52(43(16)91-30-27-29-48(77)69-90)57(82)68-50(38(9)10)63(88)71(18)45(31-35(3)4)56(81)65-41(14)55(80)66-42(15)59(84)72(19)46(32-36(5)6)61(86)73(20)47(33-37(7)8)62(87)75(22)51(39(11)12)64(89)76(53)23/h24,26,35-47,50-54,79,90H,25,27-34H2,1-23H3,(H,65,81)(H,66,80)(H,67,83)(H,68,82)(H,69,77)/b26-24+/t40-,41+,42+,43-,44+,45-,46+,47-,50+,51+,52+,53+,54-/m1/s1. The Morgan fingerprint density at radius 2 is 1.03 bits per heavy atom. The predicted octanol–water partition coefficient (Wildman–Crippen LogP) is 1.91. The molecule has 27 nitrogen and oxygen atoms in total. The molecule has 0 saturated carbocycles. The van der Waals surface area contributed by atoms with Gasteiger partial charge in [0.05, 0.1) is 18.8 Å². The number of ether oxygens (including phenoxy) is 1. The lowest BCUT2D eigenvalue weighted by Crippen LogP contribution is -2.63. The van der Waals surface area contributed by atoms with Crippen LogP contribution >= 0.6 is 0 Å². The number of hydrogen-bond donors (Lipinski definition) is 7. The second-order valence-corrected chi connectivity index (χ2v) is 26.6. The van der Waals surface area contributed by atoms with Gasteiger partial charge in [0, 0.05) is 62.4 Å². The summed E-state index contributed by atoms with van der Waals surface area (Å²) in [5, 5.41) is 32.0. The first-order valence-corrected chi connectivity index (χ1v) is 32.1. The lowest BCUT2D eigenvalue weighted by atomic mass is 9.91. The Kier molecular flexibility index (Phi) is 34.6. The maximum atomic E-state index is 15.2. The highest BCUT2D eigenvalue weighted by atomic mass is 16.5. The van der Waals surface area contributed by atoms with Crippen molar-refractivity contribution in [2.24, 2.45) is 35.5 Å². The summed E-state index contributed by atoms with van der Waals surface area (Å²) in [5.74, 6) is -11.4. The van der Waals surface area contributed by atoms with Crippen molar-refractivity contribution < 1.29 is 72.6 Å². The van der Waals surface area contributed by atoms with Crippen LogP contribution in [0.1, 0.15) is 156 Å². The van der Waals surface area contributed by atoms with Crippen LogP contribution in [0.2, 0.25) is 0 Å². The van der Waals surface area contributed by atoms with Crippen molar-refractivity contribution >= 4 is 70.9 Å². The zero-order chi connectivity index (χ0) is 70.4. The van der Waals surface area contributed by atoms with Crippen LogP contribution in [0.4, 0.5) is 0 Å². The van der Waals surface area contributed by atoms with Gasteiger partial charge in [0.1, 0.15) is 60.4 Å². The van der Waals surface area contributed by atoms with E-state index in [1.54, 1.807) is 60.6 Å². The minimum atomic E-state index is -1.66. The molecule has 520 valence electrons. The molecule has 1 heterocycles. The van der Waals surface area contributed by atoms with Crippen LogP contribution in [-0.4, -0.2) is 251 Å². The normalized spacial score (nSPS) is 26.1. The summed E-state index contributed by atoms with van der Waals surface area (Å²) in [4.78, 5) is 181. The summed E-state index contributed by atoms with van der Waals surface area (Å²) >= 11 is 0. The van der Waals surface area contributed by atoms with E-state index < -0.39 is 168 Å². The van der Waals surface area contributed by atoms with E-state index in [1.165, 1.54) is 95.2 Å². The highest BCUT2D eigenvalue weighted by molar-refractivity contribution is 5.99. The fraction of sp³-hybridized carbons (Fsp3) is 0.781. The lowest BCUT2D eigenvalue weighted by Gasteiger charge is -2.41. The average Bonchev–Trinajstić information content (AvgIpc) is 0.923. The molecule has 0 spiro atoms. The topological polar surface area (TPSA) is 337 Å². The molecule has 0 aromatic heterocycles. The molecular weight excluding hydrogens is 1180 g/mol. The van der Waals surface area contributed by atoms with Crippen LogP contribution in [0.15, 0.2) is 12.2 Å². The van der Waals surface area contributed by atoms with Gasteiger partial charge in [-0.3, -0.25) is 62.7 Å². The van der Waals surface area contributed by atoms with E-state index in [0.29, 0.717) is 0 Å². The molecule has 91 heavy (non-hydrogen) atoms. The van der Waals surface area contributed by atoms with Gasteiger partial charge in [-0.1, -0.05) is 95.2 Å². The molecule has 0 bridgehead atoms. The van der Waals surface area contributed by atoms with E-state index in [9.17, 15) is 53.1 Å². The Bertz CT molecular complexity index is 2510. The number of likely N-dealkylation sites (N-methyl/N-ethyl adjacent to an activating group) is 7. The maximum absolute atomic E-state index is 15.2. The number of allylic oxidation sites excluding steroid dienone is 2. The van der Waals surface area contributed by atoms with Gasteiger partial charge in [0.15, 0.2) is 0 Å². The first-order chi connectivity index (χ1) is 42.2. The van der Waals surface area contributed by atoms with Gasteiger partial charge in [-0.25, -0.2) is 5.48 Å². The minimum Gasteiger partial charge on any atom is -0.390 e. The summed E-state index contributed by atoms with van der Waals surface area (Å²) in [6, 6.07) is -13.2. The Labute approximate surface area is 541 Å². The van der Waals surface area contributed by atoms with Gasteiger partial charge in [0.2, 0.25) is 70.9 Å². The maximum Gasteiger partial charge on any atom is 0.246 e. The largest absolute Gasteiger partial charge is 0.390 e. The number of hydrogen-bond acceptors (Lipinski definition) is 15. The molecule has 0 radical (unpaired) electrons.